The first kappa shape index (κ1) is 17.8. The Labute approximate surface area is 160 Å². The molecule has 4 nitrogen and oxygen atoms in total. The number of carbonyl (C=O) groups is 1. The van der Waals surface area contributed by atoms with Crippen LogP contribution >= 0.6 is 0 Å². The van der Waals surface area contributed by atoms with Gasteiger partial charge in [0.05, 0.1) is 11.0 Å². The van der Waals surface area contributed by atoms with Crippen LogP contribution in [0.2, 0.25) is 0 Å². The van der Waals surface area contributed by atoms with Gasteiger partial charge in [0.2, 0.25) is 5.91 Å². The summed E-state index contributed by atoms with van der Waals surface area (Å²) in [7, 11) is 0. The summed E-state index contributed by atoms with van der Waals surface area (Å²) >= 11 is 0. The second kappa shape index (κ2) is 8.38. The number of aryl methyl sites for hydroxylation is 2. The third-order valence-corrected chi connectivity index (χ3v) is 5.53. The lowest BCUT2D eigenvalue weighted by Crippen LogP contribution is -2.18. The van der Waals surface area contributed by atoms with Crippen molar-refractivity contribution >= 4 is 22.6 Å². The average molecular weight is 361 g/mol. The van der Waals surface area contributed by atoms with Gasteiger partial charge < -0.3 is 10.3 Å². The van der Waals surface area contributed by atoms with E-state index in [2.05, 4.69) is 33.5 Å². The molecular weight excluding hydrogens is 334 g/mol. The van der Waals surface area contributed by atoms with Gasteiger partial charge in [-0.3, -0.25) is 4.79 Å². The first-order valence-corrected chi connectivity index (χ1v) is 10.1. The standard InChI is InChI=1S/C23H27N3O/c27-23(16-18-6-2-1-3-7-18)24-19-13-10-17(11-14-19)12-15-22-25-20-8-4-5-9-21(20)26-22/h4-5,8-11,13-14,18H,1-3,6-7,12,15-16H2,(H,24,27)(H,25,26). The molecule has 1 aliphatic rings. The summed E-state index contributed by atoms with van der Waals surface area (Å²) in [5.41, 5.74) is 4.25. The number of rotatable bonds is 6. The first-order valence-electron chi connectivity index (χ1n) is 10.1. The number of carbonyl (C=O) groups excluding carboxylic acids is 1. The summed E-state index contributed by atoms with van der Waals surface area (Å²) in [5, 5.41) is 3.05. The van der Waals surface area contributed by atoms with Crippen LogP contribution in [-0.4, -0.2) is 15.9 Å². The third kappa shape index (κ3) is 4.76. The molecule has 0 spiro atoms. The number of anilines is 1. The van der Waals surface area contributed by atoms with Gasteiger partial charge in [-0.2, -0.15) is 0 Å². The summed E-state index contributed by atoms with van der Waals surface area (Å²) in [4.78, 5) is 20.2. The number of aromatic amines is 1. The van der Waals surface area contributed by atoms with E-state index in [1.54, 1.807) is 0 Å². The topological polar surface area (TPSA) is 57.8 Å². The zero-order valence-electron chi connectivity index (χ0n) is 15.7. The van der Waals surface area contributed by atoms with E-state index < -0.39 is 0 Å². The fourth-order valence-corrected chi connectivity index (χ4v) is 4.01. The first-order chi connectivity index (χ1) is 13.3. The van der Waals surface area contributed by atoms with Crippen molar-refractivity contribution in [2.24, 2.45) is 5.92 Å². The predicted octanol–water partition coefficient (Wildman–Crippen LogP) is 5.26. The number of benzene rings is 2. The Morgan fingerprint density at radius 2 is 1.78 bits per heavy atom. The Kier molecular flexibility index (Phi) is 5.52. The third-order valence-electron chi connectivity index (χ3n) is 5.53. The number of amides is 1. The van der Waals surface area contributed by atoms with Crippen LogP contribution in [0.5, 0.6) is 0 Å². The second-order valence-electron chi connectivity index (χ2n) is 7.65. The fraction of sp³-hybridized carbons (Fsp3) is 0.391. The van der Waals surface area contributed by atoms with E-state index in [0.29, 0.717) is 12.3 Å². The molecule has 4 rings (SSSR count). The lowest BCUT2D eigenvalue weighted by molar-refractivity contribution is -0.117. The number of aromatic nitrogens is 2. The van der Waals surface area contributed by atoms with Crippen LogP contribution in [0.15, 0.2) is 48.5 Å². The van der Waals surface area contributed by atoms with Crippen LogP contribution in [0, 0.1) is 5.92 Å². The van der Waals surface area contributed by atoms with Gasteiger partial charge in [-0.1, -0.05) is 43.5 Å². The molecule has 1 heterocycles. The Balaban J connectivity index is 1.28. The minimum absolute atomic E-state index is 0.150. The number of imidazole rings is 1. The van der Waals surface area contributed by atoms with Crippen LogP contribution in [0.25, 0.3) is 11.0 Å². The maximum absolute atomic E-state index is 12.2. The van der Waals surface area contributed by atoms with Crippen molar-refractivity contribution in [3.63, 3.8) is 0 Å². The lowest BCUT2D eigenvalue weighted by Gasteiger charge is -2.20. The molecule has 0 radical (unpaired) electrons. The number of hydrogen-bond donors (Lipinski definition) is 2. The van der Waals surface area contributed by atoms with Crippen molar-refractivity contribution in [2.45, 2.75) is 51.4 Å². The normalized spacial score (nSPS) is 15.1. The smallest absolute Gasteiger partial charge is 0.224 e. The molecule has 3 aromatic rings. The van der Waals surface area contributed by atoms with Crippen LogP contribution < -0.4 is 5.32 Å². The molecule has 1 aromatic heterocycles. The SMILES string of the molecule is O=C(CC1CCCCC1)Nc1ccc(CCc2nc3ccccc3[nH]2)cc1. The highest BCUT2D eigenvalue weighted by Gasteiger charge is 2.17. The van der Waals surface area contributed by atoms with Crippen molar-refractivity contribution in [3.8, 4) is 0 Å². The van der Waals surface area contributed by atoms with Gasteiger partial charge in [0.15, 0.2) is 0 Å². The van der Waals surface area contributed by atoms with Gasteiger partial charge in [-0.05, 0) is 55.0 Å². The average Bonchev–Trinajstić information content (AvgIpc) is 3.11. The molecule has 0 atom stereocenters. The van der Waals surface area contributed by atoms with Gasteiger partial charge in [0.25, 0.3) is 0 Å². The molecule has 1 saturated carbocycles. The van der Waals surface area contributed by atoms with Gasteiger partial charge >= 0.3 is 0 Å². The maximum atomic E-state index is 12.2. The quantitative estimate of drug-likeness (QED) is 0.629. The van der Waals surface area contributed by atoms with Gasteiger partial charge in [0, 0.05) is 18.5 Å². The fourth-order valence-electron chi connectivity index (χ4n) is 4.01. The van der Waals surface area contributed by atoms with E-state index >= 15 is 0 Å². The van der Waals surface area contributed by atoms with Crippen LogP contribution in [-0.2, 0) is 17.6 Å². The maximum Gasteiger partial charge on any atom is 0.224 e. The minimum atomic E-state index is 0.150. The summed E-state index contributed by atoms with van der Waals surface area (Å²) in [5.74, 6) is 1.74. The van der Waals surface area contributed by atoms with Crippen molar-refractivity contribution in [1.29, 1.82) is 0 Å². The molecule has 140 valence electrons. The van der Waals surface area contributed by atoms with E-state index in [9.17, 15) is 4.79 Å². The Morgan fingerprint density at radius 1 is 1.00 bits per heavy atom. The monoisotopic (exact) mass is 361 g/mol. The van der Waals surface area contributed by atoms with E-state index in [-0.39, 0.29) is 5.91 Å². The van der Waals surface area contributed by atoms with Crippen LogP contribution in [0.1, 0.15) is 49.9 Å². The Bertz CT molecular complexity index is 858. The molecule has 0 saturated heterocycles. The second-order valence-corrected chi connectivity index (χ2v) is 7.65. The van der Waals surface area contributed by atoms with E-state index in [1.165, 1.54) is 37.7 Å². The number of nitrogens with one attached hydrogen (secondary N) is 2. The number of fused-ring (bicyclic) bond motifs is 1. The van der Waals surface area contributed by atoms with Crippen molar-refractivity contribution < 1.29 is 4.79 Å². The number of hydrogen-bond acceptors (Lipinski definition) is 2. The van der Waals surface area contributed by atoms with E-state index in [1.807, 2.05) is 30.3 Å². The molecule has 0 aliphatic heterocycles. The van der Waals surface area contributed by atoms with E-state index in [4.69, 9.17) is 0 Å². The predicted molar refractivity (Wildman–Crippen MR) is 110 cm³/mol. The number of para-hydroxylation sites is 2. The number of H-pyrrole nitrogens is 1. The molecule has 0 bridgehead atoms. The number of nitrogens with zero attached hydrogens (tertiary/aromatic N) is 1. The van der Waals surface area contributed by atoms with Crippen LogP contribution in [0.3, 0.4) is 0 Å². The minimum Gasteiger partial charge on any atom is -0.342 e. The van der Waals surface area contributed by atoms with Gasteiger partial charge in [-0.25, -0.2) is 4.98 Å². The van der Waals surface area contributed by atoms with Crippen molar-refractivity contribution in [3.05, 3.63) is 59.9 Å². The zero-order valence-corrected chi connectivity index (χ0v) is 15.7. The Morgan fingerprint density at radius 3 is 2.56 bits per heavy atom. The van der Waals surface area contributed by atoms with Gasteiger partial charge in [-0.15, -0.1) is 0 Å². The Hall–Kier alpha value is -2.62. The summed E-state index contributed by atoms with van der Waals surface area (Å²) in [6.07, 6.45) is 8.75. The van der Waals surface area contributed by atoms with Crippen molar-refractivity contribution in [2.75, 3.05) is 5.32 Å². The van der Waals surface area contributed by atoms with E-state index in [0.717, 1.165) is 35.4 Å². The molecule has 2 N–H and O–H groups in total. The largest absolute Gasteiger partial charge is 0.342 e. The molecule has 27 heavy (non-hydrogen) atoms. The molecule has 1 amide bonds. The highest BCUT2D eigenvalue weighted by Crippen LogP contribution is 2.26. The van der Waals surface area contributed by atoms with Crippen LogP contribution in [0.4, 0.5) is 5.69 Å². The highest BCUT2D eigenvalue weighted by molar-refractivity contribution is 5.90. The molecular formula is C23H27N3O. The molecule has 4 heteroatoms. The molecule has 1 fully saturated rings. The van der Waals surface area contributed by atoms with Gasteiger partial charge in [0.1, 0.15) is 5.82 Å². The molecule has 1 aliphatic carbocycles. The molecule has 0 unspecified atom stereocenters. The highest BCUT2D eigenvalue weighted by atomic mass is 16.1. The zero-order chi connectivity index (χ0) is 18.5. The summed E-state index contributed by atoms with van der Waals surface area (Å²) < 4.78 is 0. The summed E-state index contributed by atoms with van der Waals surface area (Å²) in [6, 6.07) is 16.3. The molecule has 2 aromatic carbocycles. The van der Waals surface area contributed by atoms with Crippen molar-refractivity contribution in [1.82, 2.24) is 9.97 Å². The summed E-state index contributed by atoms with van der Waals surface area (Å²) in [6.45, 7) is 0. The lowest BCUT2D eigenvalue weighted by atomic mass is 9.87.